The van der Waals surface area contributed by atoms with Gasteiger partial charge in [0, 0.05) is 26.2 Å². The second-order valence-electron chi connectivity index (χ2n) is 4.13. The van der Waals surface area contributed by atoms with Gasteiger partial charge in [0.1, 0.15) is 0 Å². The highest BCUT2D eigenvalue weighted by Crippen LogP contribution is 2.06. The van der Waals surface area contributed by atoms with E-state index < -0.39 is 0 Å². The molecule has 0 aromatic heterocycles. The van der Waals surface area contributed by atoms with E-state index in [0.29, 0.717) is 6.10 Å². The van der Waals surface area contributed by atoms with E-state index >= 15 is 0 Å². The van der Waals surface area contributed by atoms with Gasteiger partial charge in [0.15, 0.2) is 0 Å². The first-order chi connectivity index (χ1) is 7.86. The van der Waals surface area contributed by atoms with Crippen LogP contribution in [0.5, 0.6) is 0 Å². The second-order valence-corrected chi connectivity index (χ2v) is 4.13. The second kappa shape index (κ2) is 8.93. The van der Waals surface area contributed by atoms with Gasteiger partial charge in [-0.3, -0.25) is 0 Å². The highest BCUT2D eigenvalue weighted by molar-refractivity contribution is 4.63. The van der Waals surface area contributed by atoms with Crippen LogP contribution in [0.4, 0.5) is 0 Å². The fourth-order valence-electron chi connectivity index (χ4n) is 1.84. The van der Waals surface area contributed by atoms with E-state index in [1.165, 1.54) is 0 Å². The zero-order chi connectivity index (χ0) is 11.6. The summed E-state index contributed by atoms with van der Waals surface area (Å²) in [5.74, 6) is 0. The summed E-state index contributed by atoms with van der Waals surface area (Å²) in [6.45, 7) is 12.2. The third-order valence-electron chi connectivity index (χ3n) is 3.02. The maximum absolute atomic E-state index is 5.66. The van der Waals surface area contributed by atoms with Crippen LogP contribution in [0.3, 0.4) is 0 Å². The van der Waals surface area contributed by atoms with E-state index in [4.69, 9.17) is 9.47 Å². The lowest BCUT2D eigenvalue weighted by molar-refractivity contribution is 0.0444. The molecule has 0 aromatic rings. The van der Waals surface area contributed by atoms with Crippen molar-refractivity contribution < 1.29 is 9.47 Å². The van der Waals surface area contributed by atoms with Crippen LogP contribution >= 0.6 is 0 Å². The van der Waals surface area contributed by atoms with Crippen molar-refractivity contribution in [1.29, 1.82) is 0 Å². The number of likely N-dealkylation sites (N-methyl/N-ethyl adjacent to an activating group) is 1. The summed E-state index contributed by atoms with van der Waals surface area (Å²) in [5.41, 5.74) is 0. The third-order valence-corrected chi connectivity index (χ3v) is 3.02. The third kappa shape index (κ3) is 5.80. The molecular formula is C12H26N2O2. The Bertz CT molecular complexity index is 151. The van der Waals surface area contributed by atoms with Crippen LogP contribution in [0, 0.1) is 0 Å². The van der Waals surface area contributed by atoms with E-state index in [1.807, 2.05) is 0 Å². The summed E-state index contributed by atoms with van der Waals surface area (Å²) in [6, 6.07) is 0. The predicted molar refractivity (Wildman–Crippen MR) is 65.8 cm³/mol. The lowest BCUT2D eigenvalue weighted by atomic mass is 10.3. The Morgan fingerprint density at radius 1 is 1.31 bits per heavy atom. The zero-order valence-electron chi connectivity index (χ0n) is 10.7. The minimum atomic E-state index is 0.338. The maximum atomic E-state index is 5.66. The number of rotatable bonds is 9. The van der Waals surface area contributed by atoms with Crippen molar-refractivity contribution in [2.45, 2.75) is 26.4 Å². The molecule has 1 rings (SSSR count). The molecule has 0 bridgehead atoms. The quantitative estimate of drug-likeness (QED) is 0.592. The maximum Gasteiger partial charge on any atom is 0.0831 e. The summed E-state index contributed by atoms with van der Waals surface area (Å²) < 4.78 is 10.9. The number of hydrogen-bond acceptors (Lipinski definition) is 4. The lowest BCUT2D eigenvalue weighted by Gasteiger charge is -2.18. The van der Waals surface area contributed by atoms with Gasteiger partial charge < -0.3 is 19.7 Å². The summed E-state index contributed by atoms with van der Waals surface area (Å²) in [6.07, 6.45) is 1.39. The molecule has 1 unspecified atom stereocenters. The van der Waals surface area contributed by atoms with Crippen LogP contribution in [0.25, 0.3) is 0 Å². The van der Waals surface area contributed by atoms with Crippen molar-refractivity contribution in [2.75, 3.05) is 52.5 Å². The number of nitrogens with one attached hydrogen (secondary N) is 1. The first-order valence-corrected chi connectivity index (χ1v) is 6.49. The molecule has 96 valence electrons. The minimum absolute atomic E-state index is 0.338. The number of hydrogen-bond donors (Lipinski definition) is 1. The Kier molecular flexibility index (Phi) is 7.76. The van der Waals surface area contributed by atoms with Gasteiger partial charge >= 0.3 is 0 Å². The largest absolute Gasteiger partial charge is 0.379 e. The zero-order valence-corrected chi connectivity index (χ0v) is 10.7. The fraction of sp³-hybridized carbons (Fsp3) is 1.00. The van der Waals surface area contributed by atoms with Gasteiger partial charge in [-0.1, -0.05) is 13.8 Å². The Balaban J connectivity index is 1.84. The first kappa shape index (κ1) is 13.9. The van der Waals surface area contributed by atoms with Gasteiger partial charge in [-0.2, -0.15) is 0 Å². The van der Waals surface area contributed by atoms with Crippen molar-refractivity contribution in [3.05, 3.63) is 0 Å². The summed E-state index contributed by atoms with van der Waals surface area (Å²) in [5, 5.41) is 3.40. The van der Waals surface area contributed by atoms with Gasteiger partial charge in [-0.15, -0.1) is 0 Å². The monoisotopic (exact) mass is 230 g/mol. The topological polar surface area (TPSA) is 33.7 Å². The molecule has 1 heterocycles. The smallest absolute Gasteiger partial charge is 0.0831 e. The number of nitrogens with zero attached hydrogens (tertiary/aromatic N) is 1. The molecular weight excluding hydrogens is 204 g/mol. The molecule has 4 nitrogen and oxygen atoms in total. The van der Waals surface area contributed by atoms with E-state index in [9.17, 15) is 0 Å². The van der Waals surface area contributed by atoms with E-state index in [1.54, 1.807) is 0 Å². The molecule has 0 spiro atoms. The molecule has 0 radical (unpaired) electrons. The van der Waals surface area contributed by atoms with Gasteiger partial charge in [0.25, 0.3) is 0 Å². The molecule has 1 aliphatic heterocycles. The fourth-order valence-corrected chi connectivity index (χ4v) is 1.84. The SMILES string of the molecule is CCN(CC)CCNCCOC1CCOC1. The molecule has 1 N–H and O–H groups in total. The predicted octanol–water partition coefficient (Wildman–Crippen LogP) is 0.723. The summed E-state index contributed by atoms with van der Waals surface area (Å²) in [4.78, 5) is 2.42. The highest BCUT2D eigenvalue weighted by atomic mass is 16.5. The molecule has 1 aliphatic rings. The van der Waals surface area contributed by atoms with Gasteiger partial charge in [0.2, 0.25) is 0 Å². The van der Waals surface area contributed by atoms with Crippen LogP contribution in [0.2, 0.25) is 0 Å². The minimum Gasteiger partial charge on any atom is -0.379 e. The van der Waals surface area contributed by atoms with Crippen molar-refractivity contribution in [2.24, 2.45) is 0 Å². The molecule has 1 fully saturated rings. The molecule has 0 aliphatic carbocycles. The van der Waals surface area contributed by atoms with Crippen LogP contribution in [0.1, 0.15) is 20.3 Å². The molecule has 16 heavy (non-hydrogen) atoms. The molecule has 0 aromatic carbocycles. The van der Waals surface area contributed by atoms with Crippen LogP contribution in [-0.4, -0.2) is 63.5 Å². The summed E-state index contributed by atoms with van der Waals surface area (Å²) in [7, 11) is 0. The molecule has 1 atom stereocenters. The Labute approximate surface area is 99.3 Å². The van der Waals surface area contributed by atoms with Crippen molar-refractivity contribution in [1.82, 2.24) is 10.2 Å². The van der Waals surface area contributed by atoms with Crippen molar-refractivity contribution in [3.8, 4) is 0 Å². The van der Waals surface area contributed by atoms with Crippen LogP contribution in [0.15, 0.2) is 0 Å². The van der Waals surface area contributed by atoms with E-state index in [-0.39, 0.29) is 0 Å². The van der Waals surface area contributed by atoms with E-state index in [0.717, 1.165) is 59.0 Å². The molecule has 4 heteroatoms. The van der Waals surface area contributed by atoms with Gasteiger partial charge in [0.05, 0.1) is 19.3 Å². The highest BCUT2D eigenvalue weighted by Gasteiger charge is 2.15. The number of ether oxygens (including phenoxy) is 2. The van der Waals surface area contributed by atoms with Crippen molar-refractivity contribution in [3.63, 3.8) is 0 Å². The average Bonchev–Trinajstić information content (AvgIpc) is 2.81. The van der Waals surface area contributed by atoms with Crippen LogP contribution < -0.4 is 5.32 Å². The first-order valence-electron chi connectivity index (χ1n) is 6.49. The Hall–Kier alpha value is -0.160. The lowest BCUT2D eigenvalue weighted by Crippen LogP contribution is -2.33. The summed E-state index contributed by atoms with van der Waals surface area (Å²) >= 11 is 0. The van der Waals surface area contributed by atoms with Gasteiger partial charge in [-0.05, 0) is 19.5 Å². The standard InChI is InChI=1S/C12H26N2O2/c1-3-14(4-2)8-6-13-7-10-16-12-5-9-15-11-12/h12-13H,3-11H2,1-2H3. The van der Waals surface area contributed by atoms with E-state index in [2.05, 4.69) is 24.1 Å². The normalized spacial score (nSPS) is 20.8. The molecule has 0 amide bonds. The Morgan fingerprint density at radius 3 is 2.75 bits per heavy atom. The van der Waals surface area contributed by atoms with Crippen molar-refractivity contribution >= 4 is 0 Å². The van der Waals surface area contributed by atoms with Crippen LogP contribution in [-0.2, 0) is 9.47 Å². The molecule has 0 saturated carbocycles. The Morgan fingerprint density at radius 2 is 2.12 bits per heavy atom. The average molecular weight is 230 g/mol. The van der Waals surface area contributed by atoms with Gasteiger partial charge in [-0.25, -0.2) is 0 Å². The molecule has 1 saturated heterocycles.